The molecule has 0 saturated carbocycles. The molecule has 0 spiro atoms. The Morgan fingerprint density at radius 2 is 1.63 bits per heavy atom. The number of thioether (sulfide) groups is 1. The number of carboxylic acids is 1. The van der Waals surface area contributed by atoms with Crippen LogP contribution >= 0.6 is 23.4 Å². The maximum absolute atomic E-state index is 12.4. The zero-order valence-electron chi connectivity index (χ0n) is 18.1. The molecule has 0 unspecified atom stereocenters. The van der Waals surface area contributed by atoms with Crippen LogP contribution < -0.4 is 5.32 Å². The van der Waals surface area contributed by atoms with Crippen LogP contribution in [0.15, 0.2) is 53.8 Å². The number of aromatic carboxylic acids is 1. The molecular weight excluding hydrogens is 520 g/mol. The zero-order valence-corrected chi connectivity index (χ0v) is 19.7. The minimum Gasteiger partial charge on any atom is -0.478 e. The molecule has 2 aromatic carbocycles. The third kappa shape index (κ3) is 7.84. The van der Waals surface area contributed by atoms with E-state index in [1.807, 2.05) is 6.26 Å². The Labute approximate surface area is 205 Å². The van der Waals surface area contributed by atoms with E-state index in [9.17, 15) is 31.1 Å². The van der Waals surface area contributed by atoms with E-state index in [0.29, 0.717) is 33.6 Å². The normalized spacial score (nSPS) is 11.6. The Hall–Kier alpha value is -2.83. The van der Waals surface area contributed by atoms with Crippen LogP contribution in [0.4, 0.5) is 26.3 Å². The molecule has 1 heterocycles. The van der Waals surface area contributed by atoms with Gasteiger partial charge in [0.05, 0.1) is 16.8 Å². The molecule has 0 fully saturated rings. The number of hydrogen-bond acceptors (Lipinski definition) is 5. The number of alkyl halides is 6. The molecule has 0 bridgehead atoms. The summed E-state index contributed by atoms with van der Waals surface area (Å²) in [5, 5.41) is 12.6. The van der Waals surface area contributed by atoms with Gasteiger partial charge in [-0.3, -0.25) is 0 Å². The summed E-state index contributed by atoms with van der Waals surface area (Å²) in [6, 6.07) is 8.51. The zero-order chi connectivity index (χ0) is 26.4. The van der Waals surface area contributed by atoms with Crippen LogP contribution in [0.1, 0.15) is 27.0 Å². The van der Waals surface area contributed by atoms with Crippen molar-refractivity contribution in [1.29, 1.82) is 0 Å². The van der Waals surface area contributed by atoms with E-state index in [1.54, 1.807) is 24.3 Å². The quantitative estimate of drug-likeness (QED) is 0.215. The maximum atomic E-state index is 12.4. The molecule has 3 aromatic rings. The molecule has 5 nitrogen and oxygen atoms in total. The number of rotatable bonds is 5. The molecule has 1 aromatic heterocycles. The lowest BCUT2D eigenvalue weighted by Gasteiger charge is -2.13. The fourth-order valence-electron chi connectivity index (χ4n) is 2.80. The van der Waals surface area contributed by atoms with Crippen LogP contribution in [0, 0.1) is 0 Å². The summed E-state index contributed by atoms with van der Waals surface area (Å²) in [4.78, 5) is 19.4. The average Bonchev–Trinajstić information content (AvgIpc) is 2.78. The van der Waals surface area contributed by atoms with Crippen molar-refractivity contribution in [3.05, 3.63) is 75.9 Å². The number of nitrogens with one attached hydrogen (secondary N) is 1. The number of halogens is 7. The molecule has 0 atom stereocenters. The predicted molar refractivity (Wildman–Crippen MR) is 120 cm³/mol. The summed E-state index contributed by atoms with van der Waals surface area (Å²) in [5.74, 6) is -1.07. The van der Waals surface area contributed by atoms with Gasteiger partial charge in [-0.25, -0.2) is 14.8 Å². The molecule has 2 N–H and O–H groups in total. The first kappa shape index (κ1) is 28.4. The topological polar surface area (TPSA) is 75.1 Å². The number of carbonyl (C=O) groups is 1. The molecule has 0 aliphatic heterocycles. The number of hydrogen-bond donors (Lipinski definition) is 2. The van der Waals surface area contributed by atoms with Crippen LogP contribution in [-0.4, -0.2) is 34.3 Å². The number of aromatic nitrogens is 2. The van der Waals surface area contributed by atoms with Crippen LogP contribution in [0.2, 0.25) is 5.02 Å². The third-order valence-electron chi connectivity index (χ3n) is 4.34. The Bertz CT molecular complexity index is 1160. The van der Waals surface area contributed by atoms with Crippen molar-refractivity contribution in [1.82, 2.24) is 15.3 Å². The van der Waals surface area contributed by atoms with Crippen molar-refractivity contribution < 1.29 is 36.2 Å². The lowest BCUT2D eigenvalue weighted by atomic mass is 10.0. The van der Waals surface area contributed by atoms with Gasteiger partial charge in [-0.1, -0.05) is 41.6 Å². The van der Waals surface area contributed by atoms with Crippen molar-refractivity contribution in [3.63, 3.8) is 0 Å². The van der Waals surface area contributed by atoms with Gasteiger partial charge in [0.1, 0.15) is 5.56 Å². The molecule has 0 aliphatic carbocycles. The molecule has 0 aliphatic rings. The predicted octanol–water partition coefficient (Wildman–Crippen LogP) is 6.66. The summed E-state index contributed by atoms with van der Waals surface area (Å²) < 4.78 is 74.3. The van der Waals surface area contributed by atoms with Gasteiger partial charge in [-0.2, -0.15) is 26.3 Å². The van der Waals surface area contributed by atoms with Crippen molar-refractivity contribution in [2.45, 2.75) is 24.1 Å². The number of nitrogens with zero attached hydrogens (tertiary/aromatic N) is 2. The van der Waals surface area contributed by atoms with Crippen molar-refractivity contribution in [3.8, 4) is 11.3 Å². The van der Waals surface area contributed by atoms with Crippen LogP contribution in [0.3, 0.4) is 0 Å². The highest BCUT2D eigenvalue weighted by Crippen LogP contribution is 2.36. The first-order valence-corrected chi connectivity index (χ1v) is 11.2. The smallest absolute Gasteiger partial charge is 0.416 e. The Morgan fingerprint density at radius 1 is 1.06 bits per heavy atom. The lowest BCUT2D eigenvalue weighted by molar-refractivity contribution is -0.143. The Balaban J connectivity index is 0.000000247. The first-order valence-electron chi connectivity index (χ1n) is 9.60. The Morgan fingerprint density at radius 3 is 2.09 bits per heavy atom. The van der Waals surface area contributed by atoms with Crippen LogP contribution in [0.5, 0.6) is 0 Å². The first-order chi connectivity index (χ1) is 16.3. The second kappa shape index (κ2) is 11.7. The van der Waals surface area contributed by atoms with Gasteiger partial charge >= 0.3 is 18.3 Å². The van der Waals surface area contributed by atoms with E-state index in [-0.39, 0.29) is 23.7 Å². The van der Waals surface area contributed by atoms with E-state index >= 15 is 0 Å². The van der Waals surface area contributed by atoms with Crippen molar-refractivity contribution >= 4 is 29.3 Å². The molecule has 0 radical (unpaired) electrons. The summed E-state index contributed by atoms with van der Waals surface area (Å²) in [7, 11) is 1.44. The fourth-order valence-corrected chi connectivity index (χ4v) is 3.37. The van der Waals surface area contributed by atoms with E-state index in [2.05, 4.69) is 15.3 Å². The maximum Gasteiger partial charge on any atom is 0.416 e. The summed E-state index contributed by atoms with van der Waals surface area (Å²) in [6.07, 6.45) is -6.44. The largest absolute Gasteiger partial charge is 0.478 e. The van der Waals surface area contributed by atoms with Gasteiger partial charge in [-0.05, 0) is 43.1 Å². The second-order valence-electron chi connectivity index (χ2n) is 6.85. The molecule has 0 saturated heterocycles. The van der Waals surface area contributed by atoms with Gasteiger partial charge in [0.15, 0.2) is 5.16 Å². The minimum atomic E-state index is -4.79. The summed E-state index contributed by atoms with van der Waals surface area (Å²) in [5.41, 5.74) is -1.67. The lowest BCUT2D eigenvalue weighted by Crippen LogP contribution is -2.14. The highest BCUT2D eigenvalue weighted by molar-refractivity contribution is 7.98. The standard InChI is InChI=1S/C12H9ClN2O2S.C10H9F6N/c1-18-12-14-6-8(11(16)17)10(15-12)7-4-2-3-5-9(7)13;1-17-5-6-2-7(9(11,12)13)4-8(3-6)10(14,15)16/h2-6H,1H3,(H,16,17);2-4,17H,5H2,1H3. The second-order valence-corrected chi connectivity index (χ2v) is 8.03. The molecular formula is C22H18ClF6N3O2S. The van der Waals surface area contributed by atoms with Gasteiger partial charge in [0.25, 0.3) is 0 Å². The van der Waals surface area contributed by atoms with E-state index < -0.39 is 29.4 Å². The summed E-state index contributed by atoms with van der Waals surface area (Å²) in [6.45, 7) is -0.0625. The molecule has 3 rings (SSSR count). The number of carboxylic acid groups (broad SMARTS) is 1. The van der Waals surface area contributed by atoms with Gasteiger partial charge in [0.2, 0.25) is 0 Å². The molecule has 35 heavy (non-hydrogen) atoms. The van der Waals surface area contributed by atoms with Crippen LogP contribution in [0.25, 0.3) is 11.3 Å². The van der Waals surface area contributed by atoms with Crippen molar-refractivity contribution in [2.24, 2.45) is 0 Å². The van der Waals surface area contributed by atoms with Crippen LogP contribution in [-0.2, 0) is 18.9 Å². The van der Waals surface area contributed by atoms with Gasteiger partial charge < -0.3 is 10.4 Å². The summed E-state index contributed by atoms with van der Waals surface area (Å²) >= 11 is 7.42. The third-order valence-corrected chi connectivity index (χ3v) is 5.23. The SMILES string of the molecule is CNCc1cc(C(F)(F)F)cc(C(F)(F)F)c1.CSc1ncc(C(=O)O)c(-c2ccccc2Cl)n1. The fraction of sp³-hybridized carbons (Fsp3) is 0.227. The highest BCUT2D eigenvalue weighted by atomic mass is 35.5. The van der Waals surface area contributed by atoms with Gasteiger partial charge in [0, 0.05) is 23.3 Å². The van der Waals surface area contributed by atoms with Crippen molar-refractivity contribution in [2.75, 3.05) is 13.3 Å². The van der Waals surface area contributed by atoms with Gasteiger partial charge in [-0.15, -0.1) is 0 Å². The Kier molecular flexibility index (Phi) is 9.52. The average molecular weight is 538 g/mol. The number of benzene rings is 2. The molecule has 13 heteroatoms. The molecule has 188 valence electrons. The molecule has 0 amide bonds. The highest BCUT2D eigenvalue weighted by Gasteiger charge is 2.36. The van der Waals surface area contributed by atoms with E-state index in [1.165, 1.54) is 25.0 Å². The van der Waals surface area contributed by atoms with E-state index in [4.69, 9.17) is 16.7 Å². The monoisotopic (exact) mass is 537 g/mol. The minimum absolute atomic E-state index is 0.0425. The van der Waals surface area contributed by atoms with E-state index in [0.717, 1.165) is 0 Å².